The zero-order valence-electron chi connectivity index (χ0n) is 9.22. The zero-order chi connectivity index (χ0) is 11.4. The van der Waals surface area contributed by atoms with E-state index in [1.165, 1.54) is 36.1 Å². The largest absolute Gasteiger partial charge is 0.351 e. The van der Waals surface area contributed by atoms with Crippen molar-refractivity contribution < 1.29 is 4.79 Å². The molecule has 0 radical (unpaired) electrons. The summed E-state index contributed by atoms with van der Waals surface area (Å²) in [5.41, 5.74) is 1.42. The molecule has 16 heavy (non-hydrogen) atoms. The number of hydrogen-bond acceptors (Lipinski definition) is 2. The maximum atomic E-state index is 11.8. The highest BCUT2D eigenvalue weighted by molar-refractivity contribution is 14.1. The lowest BCUT2D eigenvalue weighted by atomic mass is 10.1. The van der Waals surface area contributed by atoms with Gasteiger partial charge in [0.2, 0.25) is 0 Å². The molecule has 1 heterocycles. The Morgan fingerprint density at radius 1 is 1.38 bits per heavy atom. The average Bonchev–Trinajstić information content (AvgIpc) is 2.58. The summed E-state index contributed by atoms with van der Waals surface area (Å²) in [6, 6.07) is 2.11. The molecule has 2 nitrogen and oxygen atoms in total. The van der Waals surface area contributed by atoms with Crippen LogP contribution < -0.4 is 5.32 Å². The molecule has 1 N–H and O–H groups in total. The third-order valence-electron chi connectivity index (χ3n) is 2.85. The molecule has 0 aliphatic heterocycles. The van der Waals surface area contributed by atoms with Crippen LogP contribution in [0.4, 0.5) is 0 Å². The predicted octanol–water partition coefficient (Wildman–Crippen LogP) is 3.18. The van der Waals surface area contributed by atoms with Crippen LogP contribution in [0.25, 0.3) is 0 Å². The number of rotatable bonds is 3. The van der Waals surface area contributed by atoms with Crippen molar-refractivity contribution in [1.29, 1.82) is 0 Å². The van der Waals surface area contributed by atoms with E-state index in [1.807, 2.05) is 0 Å². The van der Waals surface area contributed by atoms with Crippen molar-refractivity contribution >= 4 is 39.8 Å². The van der Waals surface area contributed by atoms with E-state index in [-0.39, 0.29) is 5.91 Å². The molecule has 4 heteroatoms. The topological polar surface area (TPSA) is 29.1 Å². The summed E-state index contributed by atoms with van der Waals surface area (Å²) in [5, 5.41) is 2.94. The molecule has 1 aromatic heterocycles. The van der Waals surface area contributed by atoms with Crippen LogP contribution in [0.15, 0.2) is 6.07 Å². The van der Waals surface area contributed by atoms with Gasteiger partial charge in [-0.05, 0) is 37.3 Å². The Bertz CT molecular complexity index is 352. The predicted molar refractivity (Wildman–Crippen MR) is 76.8 cm³/mol. The van der Waals surface area contributed by atoms with Crippen molar-refractivity contribution in [3.8, 4) is 0 Å². The van der Waals surface area contributed by atoms with Gasteiger partial charge in [-0.25, -0.2) is 0 Å². The van der Waals surface area contributed by atoms with Crippen LogP contribution in [0, 0.1) is 0 Å². The molecular weight excluding hydrogens is 333 g/mol. The summed E-state index contributed by atoms with van der Waals surface area (Å²) in [4.78, 5) is 14.1. The van der Waals surface area contributed by atoms with Gasteiger partial charge in [-0.2, -0.15) is 0 Å². The van der Waals surface area contributed by atoms with Crippen molar-refractivity contribution in [2.75, 3.05) is 11.0 Å². The maximum Gasteiger partial charge on any atom is 0.261 e. The molecular formula is C12H16INOS. The fourth-order valence-corrected chi connectivity index (χ4v) is 3.47. The molecule has 0 aromatic carbocycles. The van der Waals surface area contributed by atoms with Gasteiger partial charge in [0.05, 0.1) is 4.88 Å². The van der Waals surface area contributed by atoms with E-state index in [1.54, 1.807) is 11.3 Å². The molecule has 0 unspecified atom stereocenters. The minimum Gasteiger partial charge on any atom is -0.351 e. The Morgan fingerprint density at radius 2 is 2.19 bits per heavy atom. The van der Waals surface area contributed by atoms with Gasteiger partial charge >= 0.3 is 0 Å². The number of fused-ring (bicyclic) bond motifs is 1. The van der Waals surface area contributed by atoms with Crippen LogP contribution in [0.5, 0.6) is 0 Å². The second-order valence-electron chi connectivity index (χ2n) is 4.06. The summed E-state index contributed by atoms with van der Waals surface area (Å²) in [7, 11) is 0. The van der Waals surface area contributed by atoms with Crippen molar-refractivity contribution in [3.63, 3.8) is 0 Å². The van der Waals surface area contributed by atoms with Gasteiger partial charge < -0.3 is 5.32 Å². The highest BCUT2D eigenvalue weighted by Gasteiger charge is 2.15. The first-order chi connectivity index (χ1) is 7.81. The first-order valence-electron chi connectivity index (χ1n) is 5.77. The van der Waals surface area contributed by atoms with Crippen LogP contribution in [0.3, 0.4) is 0 Å². The Balaban J connectivity index is 2.08. The number of thiophene rings is 1. The van der Waals surface area contributed by atoms with Gasteiger partial charge in [0.15, 0.2) is 0 Å². The molecule has 1 aromatic rings. The number of carbonyl (C=O) groups is 1. The van der Waals surface area contributed by atoms with Crippen molar-refractivity contribution in [2.24, 2.45) is 0 Å². The van der Waals surface area contributed by atoms with E-state index in [9.17, 15) is 4.79 Å². The van der Waals surface area contributed by atoms with Gasteiger partial charge in [-0.3, -0.25) is 4.79 Å². The van der Waals surface area contributed by atoms with Gasteiger partial charge in [0, 0.05) is 15.8 Å². The van der Waals surface area contributed by atoms with Crippen LogP contribution in [-0.4, -0.2) is 16.9 Å². The quantitative estimate of drug-likeness (QED) is 0.507. The highest BCUT2D eigenvalue weighted by Crippen LogP contribution is 2.28. The fraction of sp³-hybridized carbons (Fsp3) is 0.583. The number of carbonyl (C=O) groups excluding carboxylic acids is 1. The summed E-state index contributed by atoms with van der Waals surface area (Å²) in [6.45, 7) is 0.766. The minimum atomic E-state index is 0.106. The Labute approximate surface area is 114 Å². The maximum absolute atomic E-state index is 11.8. The number of aryl methyl sites for hydroxylation is 2. The normalized spacial score (nSPS) is 15.3. The molecule has 0 bridgehead atoms. The van der Waals surface area contributed by atoms with Crippen LogP contribution >= 0.6 is 33.9 Å². The van der Waals surface area contributed by atoms with E-state index in [0.717, 1.165) is 22.3 Å². The fourth-order valence-electron chi connectivity index (χ4n) is 2.03. The lowest BCUT2D eigenvalue weighted by molar-refractivity contribution is 0.0960. The van der Waals surface area contributed by atoms with Crippen molar-refractivity contribution in [2.45, 2.75) is 32.1 Å². The highest BCUT2D eigenvalue weighted by atomic mass is 127. The number of hydrogen-bond donors (Lipinski definition) is 1. The molecule has 0 spiro atoms. The molecule has 0 fully saturated rings. The van der Waals surface area contributed by atoms with Gasteiger partial charge in [0.25, 0.3) is 5.91 Å². The van der Waals surface area contributed by atoms with E-state index in [0.29, 0.717) is 0 Å². The summed E-state index contributed by atoms with van der Waals surface area (Å²) >= 11 is 3.96. The second-order valence-corrected chi connectivity index (χ2v) is 6.28. The number of nitrogens with one attached hydrogen (secondary N) is 1. The first kappa shape index (κ1) is 12.4. The van der Waals surface area contributed by atoms with Gasteiger partial charge in [-0.1, -0.05) is 29.0 Å². The Hall–Kier alpha value is -0.100. The zero-order valence-corrected chi connectivity index (χ0v) is 12.2. The van der Waals surface area contributed by atoms with E-state index in [2.05, 4.69) is 34.0 Å². The number of halogens is 1. The molecule has 88 valence electrons. The number of alkyl halides is 1. The monoisotopic (exact) mass is 349 g/mol. The molecule has 1 aliphatic carbocycles. The van der Waals surface area contributed by atoms with E-state index < -0.39 is 0 Å². The average molecular weight is 349 g/mol. The second kappa shape index (κ2) is 6.00. The first-order valence-corrected chi connectivity index (χ1v) is 8.11. The van der Waals surface area contributed by atoms with Crippen LogP contribution in [-0.2, 0) is 12.8 Å². The van der Waals surface area contributed by atoms with Crippen molar-refractivity contribution in [3.05, 3.63) is 21.4 Å². The van der Waals surface area contributed by atoms with Crippen molar-refractivity contribution in [1.82, 2.24) is 5.32 Å². The van der Waals surface area contributed by atoms with Crippen LogP contribution in [0.1, 0.15) is 39.4 Å². The standard InChI is InChI=1S/C12H16INOS/c13-6-7-14-12(15)11-8-9-4-2-1-3-5-10(9)16-11/h8H,1-7H2,(H,14,15). The molecule has 1 aliphatic rings. The van der Waals surface area contributed by atoms with Crippen LogP contribution in [0.2, 0.25) is 0 Å². The Morgan fingerprint density at radius 3 is 3.00 bits per heavy atom. The SMILES string of the molecule is O=C(NCCI)c1cc2c(s1)CCCCC2. The summed E-state index contributed by atoms with van der Waals surface area (Å²) in [5.74, 6) is 0.106. The third-order valence-corrected chi connectivity index (χ3v) is 4.63. The van der Waals surface area contributed by atoms with Gasteiger partial charge in [0.1, 0.15) is 0 Å². The molecule has 1 amide bonds. The smallest absolute Gasteiger partial charge is 0.261 e. The molecule has 2 rings (SSSR count). The summed E-state index contributed by atoms with van der Waals surface area (Å²) in [6.07, 6.45) is 6.21. The van der Waals surface area contributed by atoms with E-state index in [4.69, 9.17) is 0 Å². The lowest BCUT2D eigenvalue weighted by Crippen LogP contribution is -2.24. The Kier molecular flexibility index (Phi) is 4.64. The van der Waals surface area contributed by atoms with Gasteiger partial charge in [-0.15, -0.1) is 11.3 Å². The lowest BCUT2D eigenvalue weighted by Gasteiger charge is -1.99. The molecule has 0 saturated carbocycles. The summed E-state index contributed by atoms with van der Waals surface area (Å²) < 4.78 is 0.967. The number of amides is 1. The minimum absolute atomic E-state index is 0.106. The molecule has 0 saturated heterocycles. The molecule has 0 atom stereocenters. The third kappa shape index (κ3) is 2.97. The van der Waals surface area contributed by atoms with E-state index >= 15 is 0 Å².